The van der Waals surface area contributed by atoms with Gasteiger partial charge >= 0.3 is 0 Å². The molecular weight excluding hydrogens is 268 g/mol. The Morgan fingerprint density at radius 1 is 1.25 bits per heavy atom. The van der Waals surface area contributed by atoms with E-state index in [1.54, 1.807) is 6.08 Å². The number of allylic oxidation sites excluding steroid dienone is 1. The molecule has 0 N–H and O–H groups in total. The number of hydrogen-bond donors (Lipinski definition) is 0. The molecule has 0 saturated heterocycles. The van der Waals surface area contributed by atoms with E-state index in [0.717, 1.165) is 6.42 Å². The highest BCUT2D eigenvalue weighted by molar-refractivity contribution is 6.74. The van der Waals surface area contributed by atoms with E-state index in [1.807, 2.05) is 46.0 Å². The van der Waals surface area contributed by atoms with Gasteiger partial charge in [0.15, 0.2) is 8.32 Å². The van der Waals surface area contributed by atoms with E-state index in [9.17, 15) is 15.6 Å². The van der Waals surface area contributed by atoms with Crippen LogP contribution in [0, 0.1) is 22.7 Å². The van der Waals surface area contributed by atoms with Gasteiger partial charge in [0.2, 0.25) is 5.60 Å². The molecule has 110 valence electrons. The molecule has 1 atom stereocenters. The normalized spacial score (nSPS) is 24.0. The second kappa shape index (κ2) is 5.33. The molecule has 1 unspecified atom stereocenters. The zero-order valence-electron chi connectivity index (χ0n) is 13.0. The molecule has 0 bridgehead atoms. The Morgan fingerprint density at radius 3 is 2.15 bits per heavy atom. The van der Waals surface area contributed by atoms with Crippen molar-refractivity contribution in [2.75, 3.05) is 0 Å². The molecule has 4 nitrogen and oxygen atoms in total. The van der Waals surface area contributed by atoms with Gasteiger partial charge in [-0.25, -0.2) is 0 Å². The standard InChI is InChI=1S/C15H23N2O2Si/c1-13(2,3)20(4,5)19-15(11-16,12-17)14(18)9-7-6-8-10-14/h7,9H,6,8,10H2,1-5H3/q-1. The molecule has 0 aromatic heterocycles. The van der Waals surface area contributed by atoms with Crippen molar-refractivity contribution in [3.63, 3.8) is 0 Å². The summed E-state index contributed by atoms with van der Waals surface area (Å²) >= 11 is 0. The molecular formula is C15H23N2O2Si-. The van der Waals surface area contributed by atoms with E-state index in [4.69, 9.17) is 4.43 Å². The molecule has 0 spiro atoms. The zero-order valence-corrected chi connectivity index (χ0v) is 14.0. The minimum atomic E-state index is -2.39. The summed E-state index contributed by atoms with van der Waals surface area (Å²) in [5.41, 5.74) is -3.71. The zero-order chi connectivity index (χ0) is 15.7. The van der Waals surface area contributed by atoms with Crippen LogP contribution in [0.25, 0.3) is 0 Å². The monoisotopic (exact) mass is 291 g/mol. The SMILES string of the molecule is CC(C)(C)[Si](C)(C)OC(C#N)(C#N)C1([O-])C=CCCC1. The van der Waals surface area contributed by atoms with Gasteiger partial charge in [0.05, 0.1) is 0 Å². The summed E-state index contributed by atoms with van der Waals surface area (Å²) in [6, 6.07) is 3.78. The van der Waals surface area contributed by atoms with E-state index < -0.39 is 19.5 Å². The van der Waals surface area contributed by atoms with Gasteiger partial charge in [0, 0.05) is 0 Å². The average molecular weight is 291 g/mol. The molecule has 0 radical (unpaired) electrons. The van der Waals surface area contributed by atoms with Gasteiger partial charge in [-0.2, -0.15) is 10.5 Å². The van der Waals surface area contributed by atoms with Crippen molar-refractivity contribution in [1.29, 1.82) is 10.5 Å². The van der Waals surface area contributed by atoms with Crippen molar-refractivity contribution < 1.29 is 9.53 Å². The summed E-state index contributed by atoms with van der Waals surface area (Å²) in [6.45, 7) is 9.96. The van der Waals surface area contributed by atoms with Crippen LogP contribution < -0.4 is 5.11 Å². The number of nitriles is 2. The Hall–Kier alpha value is -1.14. The first kappa shape index (κ1) is 16.9. The van der Waals surface area contributed by atoms with Crippen molar-refractivity contribution in [2.45, 2.75) is 69.4 Å². The fourth-order valence-electron chi connectivity index (χ4n) is 2.02. The van der Waals surface area contributed by atoms with Gasteiger partial charge in [-0.3, -0.25) is 0 Å². The van der Waals surface area contributed by atoms with Crippen LogP contribution in [0.2, 0.25) is 18.1 Å². The molecule has 0 aromatic carbocycles. The molecule has 0 fully saturated rings. The predicted molar refractivity (Wildman–Crippen MR) is 78.0 cm³/mol. The molecule has 0 aliphatic heterocycles. The number of nitrogens with zero attached hydrogens (tertiary/aromatic N) is 2. The van der Waals surface area contributed by atoms with E-state index in [0.29, 0.717) is 6.42 Å². The third-order valence-corrected chi connectivity index (χ3v) is 8.86. The molecule has 0 saturated carbocycles. The van der Waals surface area contributed by atoms with Crippen molar-refractivity contribution >= 4 is 8.32 Å². The van der Waals surface area contributed by atoms with Crippen LogP contribution >= 0.6 is 0 Å². The van der Waals surface area contributed by atoms with E-state index in [1.165, 1.54) is 6.08 Å². The summed E-state index contributed by atoms with van der Waals surface area (Å²) in [5, 5.41) is 31.8. The Labute approximate surface area is 122 Å². The van der Waals surface area contributed by atoms with Crippen LogP contribution in [0.3, 0.4) is 0 Å². The molecule has 0 amide bonds. The highest BCUT2D eigenvalue weighted by atomic mass is 28.4. The van der Waals surface area contributed by atoms with Gasteiger partial charge in [0.25, 0.3) is 0 Å². The summed E-state index contributed by atoms with van der Waals surface area (Å²) in [5.74, 6) is 0. The van der Waals surface area contributed by atoms with Crippen molar-refractivity contribution in [3.05, 3.63) is 12.2 Å². The Bertz CT molecular complexity index is 466. The summed E-state index contributed by atoms with van der Waals surface area (Å²) in [7, 11) is -2.39. The second-order valence-corrected chi connectivity index (χ2v) is 11.7. The first-order valence-electron chi connectivity index (χ1n) is 6.94. The van der Waals surface area contributed by atoms with Crippen LogP contribution in [0.1, 0.15) is 40.0 Å². The predicted octanol–water partition coefficient (Wildman–Crippen LogP) is 2.63. The summed E-state index contributed by atoms with van der Waals surface area (Å²) < 4.78 is 5.98. The Kier molecular flexibility index (Phi) is 4.51. The van der Waals surface area contributed by atoms with Crippen molar-refractivity contribution in [1.82, 2.24) is 0 Å². The maximum Gasteiger partial charge on any atom is 0.226 e. The lowest BCUT2D eigenvalue weighted by Crippen LogP contribution is -2.66. The summed E-state index contributed by atoms with van der Waals surface area (Å²) in [4.78, 5) is 0. The fourth-order valence-corrected chi connectivity index (χ4v) is 3.35. The fraction of sp³-hybridized carbons (Fsp3) is 0.733. The maximum absolute atomic E-state index is 13.0. The van der Waals surface area contributed by atoms with Crippen LogP contribution in [0.4, 0.5) is 0 Å². The molecule has 0 aromatic rings. The smallest absolute Gasteiger partial charge is 0.226 e. The van der Waals surface area contributed by atoms with Crippen LogP contribution in [0.5, 0.6) is 0 Å². The van der Waals surface area contributed by atoms with E-state index >= 15 is 0 Å². The van der Waals surface area contributed by atoms with Crippen LogP contribution in [-0.4, -0.2) is 19.5 Å². The van der Waals surface area contributed by atoms with Crippen molar-refractivity contribution in [3.8, 4) is 12.1 Å². The van der Waals surface area contributed by atoms with Gasteiger partial charge < -0.3 is 9.53 Å². The highest BCUT2D eigenvalue weighted by Gasteiger charge is 2.51. The molecule has 1 aliphatic carbocycles. The lowest BCUT2D eigenvalue weighted by Gasteiger charge is -2.52. The van der Waals surface area contributed by atoms with E-state index in [2.05, 4.69) is 0 Å². The third-order valence-electron chi connectivity index (χ3n) is 4.43. The van der Waals surface area contributed by atoms with Gasteiger partial charge in [-0.1, -0.05) is 45.8 Å². The average Bonchev–Trinajstić information content (AvgIpc) is 2.35. The van der Waals surface area contributed by atoms with Gasteiger partial charge in [-0.05, 0) is 30.2 Å². The summed E-state index contributed by atoms with van der Waals surface area (Å²) in [6.07, 6.45) is 4.98. The molecule has 20 heavy (non-hydrogen) atoms. The van der Waals surface area contributed by atoms with Gasteiger partial charge in [0.1, 0.15) is 12.1 Å². The third kappa shape index (κ3) is 2.81. The molecule has 0 heterocycles. The molecule has 1 rings (SSSR count). The lowest BCUT2D eigenvalue weighted by atomic mass is 9.78. The minimum absolute atomic E-state index is 0.166. The minimum Gasteiger partial charge on any atom is -0.843 e. The topological polar surface area (TPSA) is 79.9 Å². The maximum atomic E-state index is 13.0. The number of rotatable bonds is 3. The van der Waals surface area contributed by atoms with Gasteiger partial charge in [-0.15, -0.1) is 0 Å². The first-order valence-corrected chi connectivity index (χ1v) is 9.85. The first-order chi connectivity index (χ1) is 9.04. The Morgan fingerprint density at radius 2 is 1.80 bits per heavy atom. The lowest BCUT2D eigenvalue weighted by molar-refractivity contribution is -0.483. The number of hydrogen-bond acceptors (Lipinski definition) is 4. The Balaban J connectivity index is 3.26. The van der Waals surface area contributed by atoms with Crippen LogP contribution in [-0.2, 0) is 4.43 Å². The van der Waals surface area contributed by atoms with Crippen molar-refractivity contribution in [2.24, 2.45) is 0 Å². The van der Waals surface area contributed by atoms with E-state index in [-0.39, 0.29) is 11.5 Å². The highest BCUT2D eigenvalue weighted by Crippen LogP contribution is 2.42. The largest absolute Gasteiger partial charge is 0.843 e. The second-order valence-electron chi connectivity index (χ2n) is 6.95. The van der Waals surface area contributed by atoms with Crippen LogP contribution in [0.15, 0.2) is 12.2 Å². The molecule has 1 aliphatic rings. The quantitative estimate of drug-likeness (QED) is 0.591. The molecule has 5 heteroatoms.